The van der Waals surface area contributed by atoms with E-state index in [0.717, 1.165) is 36.8 Å². The molecule has 0 aromatic heterocycles. The molecule has 1 atom stereocenters. The van der Waals surface area contributed by atoms with Crippen LogP contribution in [-0.2, 0) is 11.4 Å². The Bertz CT molecular complexity index is 681. The summed E-state index contributed by atoms with van der Waals surface area (Å²) in [5.74, 6) is 0.876. The van der Waals surface area contributed by atoms with Crippen LogP contribution in [0.2, 0.25) is 0 Å². The topological polar surface area (TPSA) is 55.8 Å². The van der Waals surface area contributed by atoms with Gasteiger partial charge in [0, 0.05) is 6.92 Å². The van der Waals surface area contributed by atoms with Crippen molar-refractivity contribution >= 4 is 5.97 Å². The number of hydrogen-bond acceptors (Lipinski definition) is 4. The van der Waals surface area contributed by atoms with Gasteiger partial charge in [-0.25, -0.2) is 0 Å². The maximum atomic E-state index is 11.0. The van der Waals surface area contributed by atoms with Crippen LogP contribution < -0.4 is 9.47 Å². The molecule has 0 spiro atoms. The minimum absolute atomic E-state index is 0.345. The van der Waals surface area contributed by atoms with E-state index in [2.05, 4.69) is 6.92 Å². The maximum absolute atomic E-state index is 11.0. The predicted molar refractivity (Wildman–Crippen MR) is 97.6 cm³/mol. The van der Waals surface area contributed by atoms with Crippen molar-refractivity contribution in [2.24, 2.45) is 0 Å². The molecule has 2 aromatic carbocycles. The van der Waals surface area contributed by atoms with Gasteiger partial charge in [-0.2, -0.15) is 0 Å². The number of aliphatic hydroxyl groups excluding tert-OH is 1. The van der Waals surface area contributed by atoms with Crippen LogP contribution in [0.1, 0.15) is 56.8 Å². The van der Waals surface area contributed by atoms with Crippen molar-refractivity contribution in [3.63, 3.8) is 0 Å². The highest BCUT2D eigenvalue weighted by Crippen LogP contribution is 2.24. The molecule has 25 heavy (non-hydrogen) atoms. The number of carbonyl (C=O) groups is 1. The van der Waals surface area contributed by atoms with E-state index in [0.29, 0.717) is 18.1 Å². The van der Waals surface area contributed by atoms with Crippen LogP contribution in [0.25, 0.3) is 0 Å². The van der Waals surface area contributed by atoms with E-state index < -0.39 is 6.10 Å². The van der Waals surface area contributed by atoms with E-state index >= 15 is 0 Å². The van der Waals surface area contributed by atoms with Crippen LogP contribution in [0.5, 0.6) is 11.5 Å². The van der Waals surface area contributed by atoms with Crippen molar-refractivity contribution in [3.8, 4) is 11.5 Å². The average molecular weight is 342 g/mol. The normalized spacial score (nSPS) is 11.8. The molecule has 1 N–H and O–H groups in total. The zero-order valence-corrected chi connectivity index (χ0v) is 14.9. The lowest BCUT2D eigenvalue weighted by molar-refractivity contribution is -0.131. The van der Waals surface area contributed by atoms with Crippen LogP contribution in [0.15, 0.2) is 48.5 Å². The molecular formula is C21H26O4. The van der Waals surface area contributed by atoms with Gasteiger partial charge >= 0.3 is 5.97 Å². The molecule has 0 saturated carbocycles. The molecule has 2 aromatic rings. The summed E-state index contributed by atoms with van der Waals surface area (Å²) >= 11 is 0. The Morgan fingerprint density at radius 1 is 1.08 bits per heavy atom. The Hall–Kier alpha value is -2.33. The van der Waals surface area contributed by atoms with Crippen molar-refractivity contribution < 1.29 is 19.4 Å². The zero-order chi connectivity index (χ0) is 18.1. The first-order valence-electron chi connectivity index (χ1n) is 8.76. The van der Waals surface area contributed by atoms with Gasteiger partial charge in [0.15, 0.2) is 0 Å². The SMILES string of the molecule is CCCCCC(O)c1cccc(OCc2cccc(OC(C)=O)c2)c1. The highest BCUT2D eigenvalue weighted by molar-refractivity contribution is 5.69. The van der Waals surface area contributed by atoms with Gasteiger partial charge in [-0.05, 0) is 41.8 Å². The van der Waals surface area contributed by atoms with E-state index in [-0.39, 0.29) is 5.97 Å². The lowest BCUT2D eigenvalue weighted by atomic mass is 10.0. The Balaban J connectivity index is 1.94. The Labute approximate surface area is 149 Å². The number of hydrogen-bond donors (Lipinski definition) is 1. The summed E-state index contributed by atoms with van der Waals surface area (Å²) in [6, 6.07) is 14.8. The first kappa shape index (κ1) is 19.0. The Morgan fingerprint density at radius 2 is 1.84 bits per heavy atom. The highest BCUT2D eigenvalue weighted by Gasteiger charge is 2.08. The molecule has 0 aliphatic carbocycles. The van der Waals surface area contributed by atoms with Gasteiger partial charge in [-0.3, -0.25) is 4.79 Å². The molecule has 0 aliphatic rings. The molecular weight excluding hydrogens is 316 g/mol. The monoisotopic (exact) mass is 342 g/mol. The molecule has 0 bridgehead atoms. The fraction of sp³-hybridized carbons (Fsp3) is 0.381. The molecule has 0 fully saturated rings. The number of aliphatic hydroxyl groups is 1. The summed E-state index contributed by atoms with van der Waals surface area (Å²) in [5.41, 5.74) is 1.79. The molecule has 0 saturated heterocycles. The number of ether oxygens (including phenoxy) is 2. The summed E-state index contributed by atoms with van der Waals surface area (Å²) in [6.45, 7) is 3.89. The Morgan fingerprint density at radius 3 is 2.60 bits per heavy atom. The zero-order valence-electron chi connectivity index (χ0n) is 14.9. The lowest BCUT2D eigenvalue weighted by Gasteiger charge is -2.13. The summed E-state index contributed by atoms with van der Waals surface area (Å²) in [7, 11) is 0. The first-order chi connectivity index (χ1) is 12.1. The van der Waals surface area contributed by atoms with Crippen LogP contribution >= 0.6 is 0 Å². The summed E-state index contributed by atoms with van der Waals surface area (Å²) in [4.78, 5) is 11.0. The third-order valence-electron chi connectivity index (χ3n) is 3.89. The van der Waals surface area contributed by atoms with Crippen LogP contribution in [-0.4, -0.2) is 11.1 Å². The quantitative estimate of drug-likeness (QED) is 0.404. The van der Waals surface area contributed by atoms with Crippen molar-refractivity contribution in [2.75, 3.05) is 0 Å². The van der Waals surface area contributed by atoms with E-state index in [4.69, 9.17) is 9.47 Å². The molecule has 0 aliphatic heterocycles. The number of benzene rings is 2. The third-order valence-corrected chi connectivity index (χ3v) is 3.89. The fourth-order valence-corrected chi connectivity index (χ4v) is 2.60. The highest BCUT2D eigenvalue weighted by atomic mass is 16.5. The van der Waals surface area contributed by atoms with Crippen molar-refractivity contribution in [1.82, 2.24) is 0 Å². The van der Waals surface area contributed by atoms with Crippen LogP contribution in [0.3, 0.4) is 0 Å². The molecule has 0 radical (unpaired) electrons. The first-order valence-corrected chi connectivity index (χ1v) is 8.76. The maximum Gasteiger partial charge on any atom is 0.308 e. The largest absolute Gasteiger partial charge is 0.489 e. The molecule has 4 heteroatoms. The van der Waals surface area contributed by atoms with Crippen LogP contribution in [0.4, 0.5) is 0 Å². The number of carbonyl (C=O) groups excluding carboxylic acids is 1. The van der Waals surface area contributed by atoms with Gasteiger partial charge in [0.05, 0.1) is 6.10 Å². The number of rotatable bonds is 9. The second-order valence-electron chi connectivity index (χ2n) is 6.11. The van der Waals surface area contributed by atoms with Gasteiger partial charge in [-0.15, -0.1) is 0 Å². The van der Waals surface area contributed by atoms with E-state index in [1.54, 1.807) is 12.1 Å². The predicted octanol–water partition coefficient (Wildman–Crippen LogP) is 4.80. The van der Waals surface area contributed by atoms with Gasteiger partial charge in [0.2, 0.25) is 0 Å². The van der Waals surface area contributed by atoms with Crippen molar-refractivity contribution in [2.45, 2.75) is 52.2 Å². The second-order valence-corrected chi connectivity index (χ2v) is 6.11. The summed E-state index contributed by atoms with van der Waals surface area (Å²) in [5, 5.41) is 10.3. The molecule has 1 unspecified atom stereocenters. The standard InChI is InChI=1S/C21H26O4/c1-3-4-5-12-21(23)18-9-7-10-19(14-18)24-15-17-8-6-11-20(13-17)25-16(2)22/h6-11,13-14,21,23H,3-5,12,15H2,1-2H3. The smallest absolute Gasteiger partial charge is 0.308 e. The average Bonchev–Trinajstić information content (AvgIpc) is 2.60. The van der Waals surface area contributed by atoms with Gasteiger partial charge in [-0.1, -0.05) is 50.5 Å². The molecule has 0 heterocycles. The number of unbranched alkanes of at least 4 members (excludes halogenated alkanes) is 2. The van der Waals surface area contributed by atoms with Gasteiger partial charge < -0.3 is 14.6 Å². The molecule has 2 rings (SSSR count). The van der Waals surface area contributed by atoms with E-state index in [1.807, 2.05) is 36.4 Å². The van der Waals surface area contributed by atoms with Crippen LogP contribution in [0, 0.1) is 0 Å². The van der Waals surface area contributed by atoms with Crippen molar-refractivity contribution in [3.05, 3.63) is 59.7 Å². The third kappa shape index (κ3) is 6.59. The second kappa shape index (κ2) is 9.84. The van der Waals surface area contributed by atoms with E-state index in [1.165, 1.54) is 6.92 Å². The fourth-order valence-electron chi connectivity index (χ4n) is 2.60. The lowest BCUT2D eigenvalue weighted by Crippen LogP contribution is -2.03. The molecule has 4 nitrogen and oxygen atoms in total. The van der Waals surface area contributed by atoms with Gasteiger partial charge in [0.1, 0.15) is 18.1 Å². The van der Waals surface area contributed by atoms with Gasteiger partial charge in [0.25, 0.3) is 0 Å². The molecule has 134 valence electrons. The molecule has 0 amide bonds. The minimum Gasteiger partial charge on any atom is -0.489 e. The number of esters is 1. The summed E-state index contributed by atoms with van der Waals surface area (Å²) < 4.78 is 10.9. The van der Waals surface area contributed by atoms with E-state index in [9.17, 15) is 9.90 Å². The Kier molecular flexibility index (Phi) is 7.48. The minimum atomic E-state index is -0.456. The summed E-state index contributed by atoms with van der Waals surface area (Å²) in [6.07, 6.45) is 3.60. The van der Waals surface area contributed by atoms with Crippen molar-refractivity contribution in [1.29, 1.82) is 0 Å².